The number of rotatable bonds is 2. The third-order valence-electron chi connectivity index (χ3n) is 0.519. The van der Waals surface area contributed by atoms with Crippen molar-refractivity contribution in [3.63, 3.8) is 0 Å². The Morgan fingerprint density at radius 3 is 2.67 bits per heavy atom. The summed E-state index contributed by atoms with van der Waals surface area (Å²) in [5.74, 6) is 12.2. The maximum atomic E-state index is 7.66. The molecule has 0 saturated heterocycles. The van der Waals surface area contributed by atoms with Crippen LogP contribution in [-0.2, 0) is 9.37 Å². The van der Waals surface area contributed by atoms with Crippen LogP contribution in [0.1, 0.15) is 0 Å². The Hall–Kier alpha value is -1.35. The monoisotopic (exact) mass is 180 g/mol. The first-order valence-corrected chi connectivity index (χ1v) is 3.41. The third-order valence-corrected chi connectivity index (χ3v) is 0.833. The van der Waals surface area contributed by atoms with E-state index in [1.165, 1.54) is 6.08 Å². The van der Waals surface area contributed by atoms with Crippen LogP contribution in [0.25, 0.3) is 0 Å². The second kappa shape index (κ2) is 9.65. The van der Waals surface area contributed by atoms with Gasteiger partial charge >= 0.3 is 0 Å². The second-order valence-corrected chi connectivity index (χ2v) is 1.68. The molecule has 0 aliphatic rings. The minimum atomic E-state index is 0.613. The summed E-state index contributed by atoms with van der Waals surface area (Å²) >= 11 is 0.613. The zero-order valence-corrected chi connectivity index (χ0v) is 6.77. The molecule has 0 amide bonds. The molecular formula is C8H4O3S. The van der Waals surface area contributed by atoms with Gasteiger partial charge in [-0.05, 0) is 23.8 Å². The molecule has 0 aliphatic heterocycles. The van der Waals surface area contributed by atoms with Crippen molar-refractivity contribution in [2.24, 2.45) is 0 Å². The van der Waals surface area contributed by atoms with Gasteiger partial charge in [0.05, 0.1) is 0 Å². The molecule has 0 aromatic rings. The van der Waals surface area contributed by atoms with Crippen LogP contribution in [0.5, 0.6) is 0 Å². The van der Waals surface area contributed by atoms with Gasteiger partial charge in [0.1, 0.15) is 12.0 Å². The molecule has 0 heterocycles. The van der Waals surface area contributed by atoms with Gasteiger partial charge in [-0.1, -0.05) is 17.5 Å². The van der Waals surface area contributed by atoms with E-state index in [1.54, 1.807) is 0 Å². The fourth-order valence-corrected chi connectivity index (χ4v) is 0.385. The number of allylic oxidation sites excluding steroid dienone is 1. The Balaban J connectivity index is 3.66. The Kier molecular flexibility index (Phi) is 8.56. The van der Waals surface area contributed by atoms with E-state index in [0.717, 1.165) is 0 Å². The maximum absolute atomic E-state index is 7.66. The van der Waals surface area contributed by atoms with Gasteiger partial charge in [-0.2, -0.15) is 0 Å². The lowest BCUT2D eigenvalue weighted by molar-refractivity contribution is -0.431. The molecule has 4 heteroatoms. The normalized spacial score (nSPS) is 6.08. The summed E-state index contributed by atoms with van der Waals surface area (Å²) in [6, 6.07) is 0. The standard InChI is InChI=1S/C8H4O3S/c1-2-3-4-5-6-7-8-12-11-10-9/h2,9H,1H2. The SMILES string of the molecule is C=CC#CC#CC#CSOOO. The molecule has 0 radical (unpaired) electrons. The molecule has 0 unspecified atom stereocenters. The maximum Gasteiger partial charge on any atom is 0.125 e. The summed E-state index contributed by atoms with van der Waals surface area (Å²) in [4.78, 5) is 0. The van der Waals surface area contributed by atoms with Crippen LogP contribution >= 0.6 is 12.0 Å². The predicted octanol–water partition coefficient (Wildman–Crippen LogP) is 1.21. The topological polar surface area (TPSA) is 38.7 Å². The van der Waals surface area contributed by atoms with Crippen molar-refractivity contribution in [1.82, 2.24) is 0 Å². The van der Waals surface area contributed by atoms with Crippen LogP contribution < -0.4 is 0 Å². The van der Waals surface area contributed by atoms with Gasteiger partial charge in [0.25, 0.3) is 0 Å². The first-order valence-electron chi connectivity index (χ1n) is 2.67. The Labute approximate surface area is 74.8 Å². The lowest BCUT2D eigenvalue weighted by atomic mass is 10.5. The van der Waals surface area contributed by atoms with Crippen LogP contribution in [0.15, 0.2) is 12.7 Å². The van der Waals surface area contributed by atoms with Crippen LogP contribution in [0.3, 0.4) is 0 Å². The molecule has 0 bridgehead atoms. The van der Waals surface area contributed by atoms with Crippen LogP contribution in [0, 0.1) is 34.9 Å². The van der Waals surface area contributed by atoms with Gasteiger partial charge in [-0.15, -0.1) is 4.33 Å². The summed E-state index contributed by atoms with van der Waals surface area (Å²) in [5, 5.41) is 13.3. The van der Waals surface area contributed by atoms with Crippen LogP contribution in [-0.4, -0.2) is 5.26 Å². The highest BCUT2D eigenvalue weighted by Crippen LogP contribution is 1.96. The molecule has 12 heavy (non-hydrogen) atoms. The molecule has 0 aromatic carbocycles. The van der Waals surface area contributed by atoms with Crippen molar-refractivity contribution >= 4 is 12.0 Å². The molecular weight excluding hydrogens is 176 g/mol. The minimum Gasteiger partial charge on any atom is -0.220 e. The van der Waals surface area contributed by atoms with E-state index in [0.29, 0.717) is 12.0 Å². The van der Waals surface area contributed by atoms with Crippen molar-refractivity contribution < 1.29 is 14.6 Å². The minimum absolute atomic E-state index is 0.613. The fourth-order valence-electron chi connectivity index (χ4n) is 0.228. The molecule has 0 aromatic heterocycles. The molecule has 0 atom stereocenters. The summed E-state index contributed by atoms with van der Waals surface area (Å²) in [6.07, 6.45) is 1.43. The highest BCUT2D eigenvalue weighted by molar-refractivity contribution is 7.99. The summed E-state index contributed by atoms with van der Waals surface area (Å²) in [6.45, 7) is 3.37. The molecule has 3 nitrogen and oxygen atoms in total. The van der Waals surface area contributed by atoms with Gasteiger partial charge in [-0.3, -0.25) is 0 Å². The lowest BCUT2D eigenvalue weighted by Gasteiger charge is -1.80. The molecule has 0 aliphatic carbocycles. The molecule has 0 spiro atoms. The van der Waals surface area contributed by atoms with E-state index in [1.807, 2.05) is 0 Å². The first kappa shape index (κ1) is 10.7. The van der Waals surface area contributed by atoms with Gasteiger partial charge in [0.15, 0.2) is 0 Å². The summed E-state index contributed by atoms with van der Waals surface area (Å²) in [5.41, 5.74) is 0. The Bertz CT molecular complexity index is 302. The van der Waals surface area contributed by atoms with Crippen molar-refractivity contribution in [3.05, 3.63) is 12.7 Å². The molecule has 0 rings (SSSR count). The Morgan fingerprint density at radius 2 is 2.00 bits per heavy atom. The van der Waals surface area contributed by atoms with Crippen LogP contribution in [0.2, 0.25) is 0 Å². The molecule has 0 saturated carbocycles. The van der Waals surface area contributed by atoms with E-state index in [-0.39, 0.29) is 0 Å². The lowest BCUT2D eigenvalue weighted by Crippen LogP contribution is -1.72. The number of hydrogen-bond acceptors (Lipinski definition) is 4. The highest BCUT2D eigenvalue weighted by Gasteiger charge is 1.75. The van der Waals surface area contributed by atoms with Crippen molar-refractivity contribution in [1.29, 1.82) is 0 Å². The number of hydrogen-bond donors (Lipinski definition) is 1. The van der Waals surface area contributed by atoms with Gasteiger partial charge in [-0.25, -0.2) is 5.26 Å². The summed E-state index contributed by atoms with van der Waals surface area (Å²) < 4.78 is 3.94. The predicted molar refractivity (Wildman–Crippen MR) is 45.9 cm³/mol. The quantitative estimate of drug-likeness (QED) is 0.228. The van der Waals surface area contributed by atoms with E-state index >= 15 is 0 Å². The van der Waals surface area contributed by atoms with Crippen molar-refractivity contribution in [2.75, 3.05) is 0 Å². The van der Waals surface area contributed by atoms with E-state index in [2.05, 4.69) is 50.8 Å². The van der Waals surface area contributed by atoms with Crippen molar-refractivity contribution in [3.8, 4) is 34.9 Å². The zero-order valence-electron chi connectivity index (χ0n) is 5.96. The van der Waals surface area contributed by atoms with Gasteiger partial charge in [0.2, 0.25) is 0 Å². The molecule has 1 N–H and O–H groups in total. The van der Waals surface area contributed by atoms with E-state index < -0.39 is 0 Å². The van der Waals surface area contributed by atoms with E-state index in [4.69, 9.17) is 5.26 Å². The Morgan fingerprint density at radius 1 is 1.25 bits per heavy atom. The second-order valence-electron chi connectivity index (χ2n) is 1.18. The third kappa shape index (κ3) is 8.65. The van der Waals surface area contributed by atoms with Crippen molar-refractivity contribution in [2.45, 2.75) is 0 Å². The zero-order chi connectivity index (χ0) is 9.07. The largest absolute Gasteiger partial charge is 0.220 e. The average molecular weight is 180 g/mol. The van der Waals surface area contributed by atoms with Crippen LogP contribution in [0.4, 0.5) is 0 Å². The van der Waals surface area contributed by atoms with E-state index in [9.17, 15) is 0 Å². The van der Waals surface area contributed by atoms with Gasteiger partial charge < -0.3 is 0 Å². The summed E-state index contributed by atoms with van der Waals surface area (Å²) in [7, 11) is 0. The van der Waals surface area contributed by atoms with Gasteiger partial charge in [0, 0.05) is 11.2 Å². The molecule has 60 valence electrons. The first-order chi connectivity index (χ1) is 5.91. The molecule has 0 fully saturated rings. The highest BCUT2D eigenvalue weighted by atomic mass is 32.2. The fraction of sp³-hybridized carbons (Fsp3) is 0. The average Bonchev–Trinajstić information content (AvgIpc) is 2.10. The smallest absolute Gasteiger partial charge is 0.125 e.